The van der Waals surface area contributed by atoms with Crippen molar-refractivity contribution < 1.29 is 32.8 Å². The molecular weight excluding hydrogens is 416 g/mol. The summed E-state index contributed by atoms with van der Waals surface area (Å²) < 4.78 is 39.7. The second kappa shape index (κ2) is 10.2. The maximum atomic E-state index is 13.4. The highest BCUT2D eigenvalue weighted by Crippen LogP contribution is 2.44. The van der Waals surface area contributed by atoms with Crippen molar-refractivity contribution in [2.24, 2.45) is 0 Å². The first kappa shape index (κ1) is 23.1. The van der Waals surface area contributed by atoms with Crippen LogP contribution in [0, 0.1) is 0 Å². The predicted octanol–water partition coefficient (Wildman–Crippen LogP) is 4.68. The molecule has 1 aromatic heterocycles. The number of hydrogen-bond donors (Lipinski definition) is 0. The number of rotatable bonds is 10. The SMILES string of the molecule is CCOc1cc(-c2oc3cc(OC)cc(OCC)c3c(=O)c2OC)c(OCC)cc1OC. The third kappa shape index (κ3) is 4.26. The van der Waals surface area contributed by atoms with Gasteiger partial charge in [0.1, 0.15) is 28.2 Å². The normalized spacial score (nSPS) is 10.7. The lowest BCUT2D eigenvalue weighted by Crippen LogP contribution is -2.10. The van der Waals surface area contributed by atoms with E-state index in [0.717, 1.165) is 0 Å². The summed E-state index contributed by atoms with van der Waals surface area (Å²) in [5.41, 5.74) is 0.420. The van der Waals surface area contributed by atoms with Crippen molar-refractivity contribution in [3.8, 4) is 45.8 Å². The zero-order valence-corrected chi connectivity index (χ0v) is 19.2. The van der Waals surface area contributed by atoms with Crippen LogP contribution >= 0.6 is 0 Å². The lowest BCUT2D eigenvalue weighted by atomic mass is 10.1. The smallest absolute Gasteiger partial charge is 0.239 e. The standard InChI is InChI=1S/C24H28O8/c1-7-29-16-13-17(27-5)18(30-8-2)12-15(16)23-24(28-6)22(25)21-19(31-9-3)10-14(26-4)11-20(21)32-23/h10-13H,7-9H2,1-6H3. The molecule has 2 aromatic carbocycles. The fraction of sp³-hybridized carbons (Fsp3) is 0.375. The van der Waals surface area contributed by atoms with E-state index in [1.54, 1.807) is 31.4 Å². The Labute approximate surface area is 186 Å². The van der Waals surface area contributed by atoms with Crippen LogP contribution < -0.4 is 33.8 Å². The highest BCUT2D eigenvalue weighted by Gasteiger charge is 2.25. The molecular formula is C24H28O8. The number of benzene rings is 2. The van der Waals surface area contributed by atoms with Gasteiger partial charge in [-0.1, -0.05) is 0 Å². The van der Waals surface area contributed by atoms with Crippen LogP contribution in [-0.4, -0.2) is 41.2 Å². The zero-order chi connectivity index (χ0) is 23.3. The Balaban J connectivity index is 2.40. The molecule has 0 radical (unpaired) electrons. The van der Waals surface area contributed by atoms with Gasteiger partial charge in [0.05, 0.1) is 46.7 Å². The second-order valence-electron chi connectivity index (χ2n) is 6.59. The van der Waals surface area contributed by atoms with Crippen molar-refractivity contribution >= 4 is 11.0 Å². The molecule has 0 saturated carbocycles. The topological polar surface area (TPSA) is 85.6 Å². The Kier molecular flexibility index (Phi) is 7.35. The lowest BCUT2D eigenvalue weighted by molar-refractivity contribution is 0.304. The fourth-order valence-corrected chi connectivity index (χ4v) is 3.41. The molecule has 3 rings (SSSR count). The summed E-state index contributed by atoms with van der Waals surface area (Å²) >= 11 is 0. The second-order valence-corrected chi connectivity index (χ2v) is 6.59. The lowest BCUT2D eigenvalue weighted by Gasteiger charge is -2.17. The molecule has 0 fully saturated rings. The van der Waals surface area contributed by atoms with Crippen molar-refractivity contribution in [3.05, 3.63) is 34.5 Å². The maximum absolute atomic E-state index is 13.4. The Bertz CT molecular complexity index is 1150. The van der Waals surface area contributed by atoms with Crippen molar-refractivity contribution in [1.29, 1.82) is 0 Å². The first-order valence-corrected chi connectivity index (χ1v) is 10.4. The average Bonchev–Trinajstić information content (AvgIpc) is 2.79. The molecule has 0 aliphatic rings. The van der Waals surface area contributed by atoms with Crippen LogP contribution in [0.1, 0.15) is 20.8 Å². The van der Waals surface area contributed by atoms with Crippen LogP contribution in [0.3, 0.4) is 0 Å². The highest BCUT2D eigenvalue weighted by molar-refractivity contribution is 5.89. The van der Waals surface area contributed by atoms with E-state index in [9.17, 15) is 4.79 Å². The molecule has 0 unspecified atom stereocenters. The molecule has 8 nitrogen and oxygen atoms in total. The van der Waals surface area contributed by atoms with Gasteiger partial charge in [-0.15, -0.1) is 0 Å². The van der Waals surface area contributed by atoms with E-state index in [0.29, 0.717) is 59.7 Å². The summed E-state index contributed by atoms with van der Waals surface area (Å²) in [4.78, 5) is 13.4. The summed E-state index contributed by atoms with van der Waals surface area (Å²) in [5.74, 6) is 2.53. The summed E-state index contributed by atoms with van der Waals surface area (Å²) in [6, 6.07) is 6.69. The minimum absolute atomic E-state index is 0.0252. The highest BCUT2D eigenvalue weighted by atomic mass is 16.5. The fourth-order valence-electron chi connectivity index (χ4n) is 3.41. The van der Waals surface area contributed by atoms with Gasteiger partial charge in [0.2, 0.25) is 11.2 Å². The minimum Gasteiger partial charge on any atom is -0.496 e. The molecule has 3 aromatic rings. The van der Waals surface area contributed by atoms with E-state index < -0.39 is 0 Å². The molecule has 8 heteroatoms. The number of methoxy groups -OCH3 is 3. The van der Waals surface area contributed by atoms with E-state index in [1.165, 1.54) is 14.2 Å². The van der Waals surface area contributed by atoms with Gasteiger partial charge in [-0.25, -0.2) is 0 Å². The van der Waals surface area contributed by atoms with Gasteiger partial charge in [-0.05, 0) is 26.8 Å². The van der Waals surface area contributed by atoms with Gasteiger partial charge in [0, 0.05) is 18.2 Å². The monoisotopic (exact) mass is 444 g/mol. The molecule has 0 atom stereocenters. The number of hydrogen-bond acceptors (Lipinski definition) is 8. The maximum Gasteiger partial charge on any atom is 0.239 e. The van der Waals surface area contributed by atoms with Crippen molar-refractivity contribution in [2.75, 3.05) is 41.2 Å². The van der Waals surface area contributed by atoms with Gasteiger partial charge in [0.15, 0.2) is 17.3 Å². The van der Waals surface area contributed by atoms with Gasteiger partial charge in [0.25, 0.3) is 0 Å². The van der Waals surface area contributed by atoms with Gasteiger partial charge in [-0.3, -0.25) is 4.79 Å². The van der Waals surface area contributed by atoms with E-state index >= 15 is 0 Å². The predicted molar refractivity (Wildman–Crippen MR) is 121 cm³/mol. The molecule has 0 aliphatic carbocycles. The third-order valence-electron chi connectivity index (χ3n) is 4.74. The van der Waals surface area contributed by atoms with Gasteiger partial charge >= 0.3 is 0 Å². The van der Waals surface area contributed by atoms with Crippen molar-refractivity contribution in [2.45, 2.75) is 20.8 Å². The van der Waals surface area contributed by atoms with Crippen LogP contribution in [-0.2, 0) is 0 Å². The third-order valence-corrected chi connectivity index (χ3v) is 4.74. The Morgan fingerprint density at radius 1 is 0.719 bits per heavy atom. The molecule has 0 amide bonds. The van der Waals surface area contributed by atoms with Crippen molar-refractivity contribution in [3.63, 3.8) is 0 Å². The van der Waals surface area contributed by atoms with Crippen LogP contribution in [0.4, 0.5) is 0 Å². The van der Waals surface area contributed by atoms with E-state index in [-0.39, 0.29) is 22.3 Å². The molecule has 0 bridgehead atoms. The Hall–Kier alpha value is -3.55. The molecule has 1 heterocycles. The van der Waals surface area contributed by atoms with Gasteiger partial charge < -0.3 is 32.8 Å². The van der Waals surface area contributed by atoms with E-state index in [2.05, 4.69) is 0 Å². The average molecular weight is 444 g/mol. The summed E-state index contributed by atoms with van der Waals surface area (Å²) in [6.45, 7) is 6.76. The van der Waals surface area contributed by atoms with E-state index in [4.69, 9.17) is 32.8 Å². The van der Waals surface area contributed by atoms with Crippen LogP contribution in [0.25, 0.3) is 22.3 Å². The molecule has 172 valence electrons. The van der Waals surface area contributed by atoms with Crippen LogP contribution in [0.2, 0.25) is 0 Å². The van der Waals surface area contributed by atoms with Crippen LogP contribution in [0.15, 0.2) is 33.5 Å². The minimum atomic E-state index is -0.369. The molecule has 0 saturated heterocycles. The first-order valence-electron chi connectivity index (χ1n) is 10.4. The van der Waals surface area contributed by atoms with Crippen molar-refractivity contribution in [1.82, 2.24) is 0 Å². The Morgan fingerprint density at radius 2 is 1.38 bits per heavy atom. The Morgan fingerprint density at radius 3 is 1.97 bits per heavy atom. The summed E-state index contributed by atoms with van der Waals surface area (Å²) in [5, 5.41) is 0.268. The molecule has 0 aliphatic heterocycles. The quantitative estimate of drug-likeness (QED) is 0.446. The molecule has 0 spiro atoms. The van der Waals surface area contributed by atoms with E-state index in [1.807, 2.05) is 20.8 Å². The first-order chi connectivity index (χ1) is 15.5. The van der Waals surface area contributed by atoms with Crippen LogP contribution in [0.5, 0.6) is 34.5 Å². The number of ether oxygens (including phenoxy) is 6. The number of fused-ring (bicyclic) bond motifs is 1. The largest absolute Gasteiger partial charge is 0.496 e. The molecule has 32 heavy (non-hydrogen) atoms. The summed E-state index contributed by atoms with van der Waals surface area (Å²) in [7, 11) is 4.49. The van der Waals surface area contributed by atoms with Gasteiger partial charge in [-0.2, -0.15) is 0 Å². The molecule has 0 N–H and O–H groups in total. The summed E-state index contributed by atoms with van der Waals surface area (Å²) in [6.07, 6.45) is 0. The zero-order valence-electron chi connectivity index (χ0n) is 19.2.